The average molecular weight is 420 g/mol. The molecule has 1 N–H and O–H groups in total. The summed E-state index contributed by atoms with van der Waals surface area (Å²) in [7, 11) is -3.87. The molecule has 28 heavy (non-hydrogen) atoms. The molecule has 0 saturated carbocycles. The van der Waals surface area contributed by atoms with Crippen molar-refractivity contribution in [1.29, 1.82) is 0 Å². The van der Waals surface area contributed by atoms with Crippen LogP contribution in [0.1, 0.15) is 25.6 Å². The van der Waals surface area contributed by atoms with E-state index >= 15 is 0 Å². The molecule has 9 heteroatoms. The zero-order valence-corrected chi connectivity index (χ0v) is 17.3. The van der Waals surface area contributed by atoms with Gasteiger partial charge in [-0.3, -0.25) is 4.98 Å². The van der Waals surface area contributed by atoms with Gasteiger partial charge in [0.05, 0.1) is 23.0 Å². The Bertz CT molecular complexity index is 1120. The number of nitrogens with one attached hydrogen (secondary N) is 1. The molecule has 4 rings (SSSR count). The largest absolute Gasteiger partial charge is 0.366 e. The standard InChI is InChI=1S/C19H22ClN5O2S/c1-13(2)19-23-18-16(24-8-6-21-7-9-24)11-22-12-17(18)25(19)28(26,27)15-5-3-4-14(20)10-15/h3-5,10-13,21H,6-9H2,1-2H3. The van der Waals surface area contributed by atoms with Crippen LogP contribution in [0.5, 0.6) is 0 Å². The Balaban J connectivity index is 1.96. The van der Waals surface area contributed by atoms with Gasteiger partial charge in [0.1, 0.15) is 16.9 Å². The van der Waals surface area contributed by atoms with Crippen LogP contribution < -0.4 is 10.2 Å². The molecule has 0 radical (unpaired) electrons. The van der Waals surface area contributed by atoms with Crippen LogP contribution in [0.2, 0.25) is 5.02 Å². The first kappa shape index (κ1) is 19.2. The fraction of sp³-hybridized carbons (Fsp3) is 0.368. The van der Waals surface area contributed by atoms with Crippen LogP contribution in [0, 0.1) is 0 Å². The monoisotopic (exact) mass is 419 g/mol. The molecule has 1 aliphatic heterocycles. The lowest BCUT2D eigenvalue weighted by Gasteiger charge is -2.29. The van der Waals surface area contributed by atoms with Crippen molar-refractivity contribution in [1.82, 2.24) is 19.3 Å². The van der Waals surface area contributed by atoms with Crippen molar-refractivity contribution in [2.24, 2.45) is 0 Å². The highest BCUT2D eigenvalue weighted by Gasteiger charge is 2.28. The summed E-state index contributed by atoms with van der Waals surface area (Å²) in [6.07, 6.45) is 3.34. The van der Waals surface area contributed by atoms with Gasteiger partial charge in [0.15, 0.2) is 0 Å². The third-order valence-electron chi connectivity index (χ3n) is 4.84. The molecule has 1 saturated heterocycles. The molecule has 0 bridgehead atoms. The molecule has 0 atom stereocenters. The number of pyridine rings is 1. The Morgan fingerprint density at radius 1 is 1.18 bits per heavy atom. The molecule has 0 unspecified atom stereocenters. The van der Waals surface area contributed by atoms with Crippen LogP contribution in [0.15, 0.2) is 41.6 Å². The maximum atomic E-state index is 13.5. The minimum Gasteiger partial charge on any atom is -0.366 e. The summed E-state index contributed by atoms with van der Waals surface area (Å²) in [5.41, 5.74) is 2.01. The second kappa shape index (κ2) is 7.35. The maximum absolute atomic E-state index is 13.5. The number of benzene rings is 1. The van der Waals surface area contributed by atoms with E-state index in [0.717, 1.165) is 31.9 Å². The van der Waals surface area contributed by atoms with Gasteiger partial charge in [-0.05, 0) is 18.2 Å². The average Bonchev–Trinajstić information content (AvgIpc) is 3.09. The Kier molecular flexibility index (Phi) is 5.03. The zero-order valence-electron chi connectivity index (χ0n) is 15.8. The number of piperazine rings is 1. The SMILES string of the molecule is CC(C)c1nc2c(N3CCNCC3)cncc2n1S(=O)(=O)c1cccc(Cl)c1. The van der Waals surface area contributed by atoms with Gasteiger partial charge in [-0.25, -0.2) is 17.4 Å². The van der Waals surface area contributed by atoms with Crippen molar-refractivity contribution in [2.45, 2.75) is 24.7 Å². The van der Waals surface area contributed by atoms with Gasteiger partial charge in [-0.15, -0.1) is 0 Å². The molecule has 148 valence electrons. The number of nitrogens with zero attached hydrogens (tertiary/aromatic N) is 4. The summed E-state index contributed by atoms with van der Waals surface area (Å²) >= 11 is 6.05. The van der Waals surface area contributed by atoms with E-state index in [9.17, 15) is 8.42 Å². The summed E-state index contributed by atoms with van der Waals surface area (Å²) in [4.78, 5) is 11.4. The summed E-state index contributed by atoms with van der Waals surface area (Å²) in [6, 6.07) is 6.29. The highest BCUT2D eigenvalue weighted by molar-refractivity contribution is 7.90. The molecule has 1 aliphatic rings. The van der Waals surface area contributed by atoms with E-state index in [1.54, 1.807) is 30.6 Å². The fourth-order valence-electron chi connectivity index (χ4n) is 3.46. The number of hydrogen-bond acceptors (Lipinski definition) is 6. The molecular formula is C19H22ClN5O2S. The Labute approximate surface area is 169 Å². The van der Waals surface area contributed by atoms with E-state index in [0.29, 0.717) is 21.9 Å². The molecular weight excluding hydrogens is 398 g/mol. The normalized spacial score (nSPS) is 15.5. The Morgan fingerprint density at radius 3 is 2.61 bits per heavy atom. The lowest BCUT2D eigenvalue weighted by molar-refractivity contribution is 0.583. The fourth-order valence-corrected chi connectivity index (χ4v) is 5.35. The predicted molar refractivity (Wildman–Crippen MR) is 111 cm³/mol. The third kappa shape index (κ3) is 3.25. The van der Waals surface area contributed by atoms with Gasteiger partial charge >= 0.3 is 0 Å². The van der Waals surface area contributed by atoms with Crippen molar-refractivity contribution >= 4 is 38.3 Å². The first-order chi connectivity index (χ1) is 13.4. The number of anilines is 1. The number of fused-ring (bicyclic) bond motifs is 1. The number of hydrogen-bond donors (Lipinski definition) is 1. The molecule has 3 heterocycles. The third-order valence-corrected chi connectivity index (χ3v) is 6.79. The van der Waals surface area contributed by atoms with Crippen molar-refractivity contribution in [3.63, 3.8) is 0 Å². The highest BCUT2D eigenvalue weighted by atomic mass is 35.5. The summed E-state index contributed by atoms with van der Waals surface area (Å²) in [5, 5.41) is 3.69. The Morgan fingerprint density at radius 2 is 1.93 bits per heavy atom. The van der Waals surface area contributed by atoms with E-state index in [1.807, 2.05) is 13.8 Å². The van der Waals surface area contributed by atoms with Crippen LogP contribution in [-0.4, -0.2) is 48.5 Å². The van der Waals surface area contributed by atoms with Crippen LogP contribution in [-0.2, 0) is 10.0 Å². The quantitative estimate of drug-likeness (QED) is 0.700. The smallest absolute Gasteiger partial charge is 0.269 e. The number of imidazole rings is 1. The van der Waals surface area contributed by atoms with E-state index in [4.69, 9.17) is 16.6 Å². The van der Waals surface area contributed by atoms with Gasteiger partial charge in [0, 0.05) is 37.1 Å². The van der Waals surface area contributed by atoms with Crippen LogP contribution in [0.4, 0.5) is 5.69 Å². The predicted octanol–water partition coefficient (Wildman–Crippen LogP) is 2.85. The molecule has 1 aromatic carbocycles. The van der Waals surface area contributed by atoms with Crippen LogP contribution in [0.25, 0.3) is 11.0 Å². The van der Waals surface area contributed by atoms with Gasteiger partial charge < -0.3 is 10.2 Å². The minimum absolute atomic E-state index is 0.0859. The molecule has 0 aliphatic carbocycles. The minimum atomic E-state index is -3.87. The number of halogens is 1. The van der Waals surface area contributed by atoms with E-state index < -0.39 is 10.0 Å². The van der Waals surface area contributed by atoms with Crippen molar-refractivity contribution < 1.29 is 8.42 Å². The van der Waals surface area contributed by atoms with E-state index in [1.165, 1.54) is 10.0 Å². The number of aromatic nitrogens is 3. The molecule has 0 spiro atoms. The van der Waals surface area contributed by atoms with E-state index in [-0.39, 0.29) is 10.8 Å². The first-order valence-corrected chi connectivity index (χ1v) is 11.0. The van der Waals surface area contributed by atoms with Crippen molar-refractivity contribution in [3.05, 3.63) is 47.5 Å². The maximum Gasteiger partial charge on any atom is 0.269 e. The van der Waals surface area contributed by atoms with Gasteiger partial charge in [0.2, 0.25) is 0 Å². The lowest BCUT2D eigenvalue weighted by Crippen LogP contribution is -2.43. The van der Waals surface area contributed by atoms with Crippen LogP contribution in [0.3, 0.4) is 0 Å². The number of rotatable bonds is 4. The molecule has 2 aromatic heterocycles. The van der Waals surface area contributed by atoms with Gasteiger partial charge in [-0.2, -0.15) is 0 Å². The zero-order chi connectivity index (χ0) is 19.9. The first-order valence-electron chi connectivity index (χ1n) is 9.23. The van der Waals surface area contributed by atoms with Crippen molar-refractivity contribution in [3.8, 4) is 0 Å². The molecule has 7 nitrogen and oxygen atoms in total. The van der Waals surface area contributed by atoms with Gasteiger partial charge in [0.25, 0.3) is 10.0 Å². The molecule has 1 fully saturated rings. The molecule has 0 amide bonds. The highest BCUT2D eigenvalue weighted by Crippen LogP contribution is 2.32. The van der Waals surface area contributed by atoms with E-state index in [2.05, 4.69) is 15.2 Å². The topological polar surface area (TPSA) is 80.1 Å². The second-order valence-electron chi connectivity index (χ2n) is 7.11. The van der Waals surface area contributed by atoms with Gasteiger partial charge in [-0.1, -0.05) is 31.5 Å². The second-order valence-corrected chi connectivity index (χ2v) is 9.34. The van der Waals surface area contributed by atoms with Crippen LogP contribution >= 0.6 is 11.6 Å². The summed E-state index contributed by atoms with van der Waals surface area (Å²) < 4.78 is 28.3. The summed E-state index contributed by atoms with van der Waals surface area (Å²) in [6.45, 7) is 7.26. The van der Waals surface area contributed by atoms with Crippen molar-refractivity contribution in [2.75, 3.05) is 31.1 Å². The summed E-state index contributed by atoms with van der Waals surface area (Å²) in [5.74, 6) is 0.400. The molecule has 3 aromatic rings. The Hall–Kier alpha value is -2.16. The lowest BCUT2D eigenvalue weighted by atomic mass is 10.2.